The number of ether oxygens (including phenoxy) is 1. The van der Waals surface area contributed by atoms with Crippen molar-refractivity contribution in [3.8, 4) is 0 Å². The van der Waals surface area contributed by atoms with Crippen LogP contribution in [0.3, 0.4) is 0 Å². The molecule has 1 aliphatic rings. The van der Waals surface area contributed by atoms with Gasteiger partial charge in [-0.05, 0) is 37.5 Å². The van der Waals surface area contributed by atoms with Crippen molar-refractivity contribution in [3.05, 3.63) is 23.8 Å². The average Bonchev–Trinajstić information content (AvgIpc) is 2.32. The molecule has 1 aliphatic heterocycles. The lowest BCUT2D eigenvalue weighted by Crippen LogP contribution is -2.30. The van der Waals surface area contributed by atoms with Crippen LogP contribution < -0.4 is 10.5 Å². The Morgan fingerprint density at radius 3 is 2.83 bits per heavy atom. The van der Waals surface area contributed by atoms with E-state index in [4.69, 9.17) is 9.88 Å². The van der Waals surface area contributed by atoms with Gasteiger partial charge in [0.1, 0.15) is 0 Å². The maximum Gasteiger partial charge on any atom is 0.238 e. The zero-order valence-electron chi connectivity index (χ0n) is 10.3. The molecule has 1 saturated heterocycles. The molecule has 100 valence electrons. The maximum atomic E-state index is 11.3. The maximum absolute atomic E-state index is 11.3. The fourth-order valence-corrected chi connectivity index (χ4v) is 2.55. The van der Waals surface area contributed by atoms with Crippen LogP contribution in [-0.4, -0.2) is 27.7 Å². The second-order valence-electron chi connectivity index (χ2n) is 4.58. The van der Waals surface area contributed by atoms with Crippen LogP contribution in [0.15, 0.2) is 23.1 Å². The van der Waals surface area contributed by atoms with E-state index >= 15 is 0 Å². The molecule has 0 radical (unpaired) electrons. The summed E-state index contributed by atoms with van der Waals surface area (Å²) in [6.07, 6.45) is 2.05. The van der Waals surface area contributed by atoms with E-state index in [1.807, 2.05) is 6.92 Å². The molecule has 5 nitrogen and oxygen atoms in total. The molecule has 3 N–H and O–H groups in total. The van der Waals surface area contributed by atoms with Crippen LogP contribution in [0.25, 0.3) is 0 Å². The third-order valence-electron chi connectivity index (χ3n) is 3.06. The van der Waals surface area contributed by atoms with Gasteiger partial charge in [-0.15, -0.1) is 0 Å². The molecule has 6 heteroatoms. The second-order valence-corrected chi connectivity index (χ2v) is 6.14. The summed E-state index contributed by atoms with van der Waals surface area (Å²) in [5.74, 6) is 0. The molecule has 1 unspecified atom stereocenters. The lowest BCUT2D eigenvalue weighted by Gasteiger charge is -2.25. The van der Waals surface area contributed by atoms with Gasteiger partial charge in [0.05, 0.1) is 11.5 Å². The third kappa shape index (κ3) is 3.22. The van der Waals surface area contributed by atoms with Crippen molar-refractivity contribution in [2.45, 2.75) is 30.7 Å². The molecule has 1 atom stereocenters. The van der Waals surface area contributed by atoms with Gasteiger partial charge < -0.3 is 10.1 Å². The predicted molar refractivity (Wildman–Crippen MR) is 70.0 cm³/mol. The molecular weight excluding hydrogens is 252 g/mol. The quantitative estimate of drug-likeness (QED) is 0.865. The van der Waals surface area contributed by atoms with Crippen molar-refractivity contribution in [3.63, 3.8) is 0 Å². The van der Waals surface area contributed by atoms with Gasteiger partial charge in [-0.3, -0.25) is 0 Å². The van der Waals surface area contributed by atoms with Gasteiger partial charge in [0.2, 0.25) is 10.0 Å². The molecule has 0 aromatic heterocycles. The van der Waals surface area contributed by atoms with Crippen LogP contribution in [-0.2, 0) is 14.8 Å². The van der Waals surface area contributed by atoms with Crippen molar-refractivity contribution in [1.82, 2.24) is 0 Å². The Kier molecular flexibility index (Phi) is 3.89. The Morgan fingerprint density at radius 2 is 2.22 bits per heavy atom. The van der Waals surface area contributed by atoms with Gasteiger partial charge in [-0.1, -0.05) is 6.07 Å². The molecule has 1 aromatic rings. The fourth-order valence-electron chi connectivity index (χ4n) is 2.01. The van der Waals surface area contributed by atoms with E-state index in [0.717, 1.165) is 30.7 Å². The average molecular weight is 270 g/mol. The number of nitrogens with two attached hydrogens (primary N) is 1. The highest BCUT2D eigenvalue weighted by atomic mass is 32.2. The van der Waals surface area contributed by atoms with Crippen LogP contribution in [0, 0.1) is 6.92 Å². The van der Waals surface area contributed by atoms with Crippen LogP contribution in [0.4, 0.5) is 5.69 Å². The molecule has 1 heterocycles. The summed E-state index contributed by atoms with van der Waals surface area (Å²) in [6.45, 7) is 3.38. The van der Waals surface area contributed by atoms with Crippen LogP contribution >= 0.6 is 0 Å². The first-order valence-corrected chi connectivity index (χ1v) is 7.49. The lowest BCUT2D eigenvalue weighted by atomic mass is 10.1. The third-order valence-corrected chi connectivity index (χ3v) is 3.97. The number of benzene rings is 1. The van der Waals surface area contributed by atoms with Crippen molar-refractivity contribution in [2.24, 2.45) is 5.14 Å². The molecule has 1 aromatic carbocycles. The Labute approximate surface area is 107 Å². The summed E-state index contributed by atoms with van der Waals surface area (Å²) in [5.41, 5.74) is 1.80. The number of sulfonamides is 1. The molecule has 0 bridgehead atoms. The van der Waals surface area contributed by atoms with E-state index < -0.39 is 10.0 Å². The van der Waals surface area contributed by atoms with E-state index in [1.165, 1.54) is 6.07 Å². The number of hydrogen-bond donors (Lipinski definition) is 2. The summed E-state index contributed by atoms with van der Waals surface area (Å²) in [7, 11) is -3.65. The number of rotatable bonds is 3. The fraction of sp³-hybridized carbons (Fsp3) is 0.500. The molecular formula is C12H18N2O3S. The van der Waals surface area contributed by atoms with Gasteiger partial charge in [0.15, 0.2) is 0 Å². The minimum Gasteiger partial charge on any atom is -0.380 e. The topological polar surface area (TPSA) is 81.4 Å². The first-order valence-electron chi connectivity index (χ1n) is 5.94. The van der Waals surface area contributed by atoms with Gasteiger partial charge in [-0.2, -0.15) is 0 Å². The lowest BCUT2D eigenvalue weighted by molar-refractivity contribution is 0.0876. The Balaban J connectivity index is 2.21. The second kappa shape index (κ2) is 5.26. The zero-order valence-corrected chi connectivity index (χ0v) is 11.2. The minimum absolute atomic E-state index is 0.132. The van der Waals surface area contributed by atoms with Crippen LogP contribution in [0.5, 0.6) is 0 Å². The molecule has 0 amide bonds. The Hall–Kier alpha value is -1.11. The normalized spacial score (nSPS) is 20.7. The molecule has 0 spiro atoms. The first-order chi connectivity index (χ1) is 8.47. The summed E-state index contributed by atoms with van der Waals surface area (Å²) in [5, 5.41) is 8.45. The van der Waals surface area contributed by atoms with Crippen LogP contribution in [0.1, 0.15) is 18.4 Å². The molecule has 0 saturated carbocycles. The van der Waals surface area contributed by atoms with E-state index in [0.29, 0.717) is 6.61 Å². The largest absolute Gasteiger partial charge is 0.380 e. The monoisotopic (exact) mass is 270 g/mol. The summed E-state index contributed by atoms with van der Waals surface area (Å²) >= 11 is 0. The minimum atomic E-state index is -3.65. The number of primary sulfonamides is 1. The van der Waals surface area contributed by atoms with Crippen molar-refractivity contribution in [1.29, 1.82) is 0 Å². The van der Waals surface area contributed by atoms with Gasteiger partial charge in [0, 0.05) is 18.3 Å². The standard InChI is InChI=1S/C12H18N2O3S/c1-9-4-5-11(18(13,15)16)7-12(9)14-10-3-2-6-17-8-10/h4-5,7,10,14H,2-3,6,8H2,1H3,(H2,13,15,16). The zero-order chi connectivity index (χ0) is 13.2. The van der Waals surface area contributed by atoms with E-state index in [1.54, 1.807) is 12.1 Å². The molecule has 0 aliphatic carbocycles. The number of anilines is 1. The summed E-state index contributed by atoms with van der Waals surface area (Å²) in [6, 6.07) is 5.09. The highest BCUT2D eigenvalue weighted by Gasteiger charge is 2.16. The Morgan fingerprint density at radius 1 is 1.44 bits per heavy atom. The van der Waals surface area contributed by atoms with E-state index in [-0.39, 0.29) is 10.9 Å². The Bertz CT molecular complexity index is 522. The van der Waals surface area contributed by atoms with Crippen LogP contribution in [0.2, 0.25) is 0 Å². The predicted octanol–water partition coefficient (Wildman–Crippen LogP) is 1.23. The SMILES string of the molecule is Cc1ccc(S(N)(=O)=O)cc1NC1CCCOC1. The van der Waals surface area contributed by atoms with Crippen molar-refractivity contribution in [2.75, 3.05) is 18.5 Å². The summed E-state index contributed by atoms with van der Waals surface area (Å²) in [4.78, 5) is 0.132. The highest BCUT2D eigenvalue weighted by Crippen LogP contribution is 2.22. The molecule has 1 fully saturated rings. The van der Waals surface area contributed by atoms with E-state index in [2.05, 4.69) is 5.32 Å². The first kappa shape index (κ1) is 13.3. The van der Waals surface area contributed by atoms with Gasteiger partial charge >= 0.3 is 0 Å². The van der Waals surface area contributed by atoms with Crippen molar-refractivity contribution < 1.29 is 13.2 Å². The van der Waals surface area contributed by atoms with Gasteiger partial charge in [-0.25, -0.2) is 13.6 Å². The molecule has 18 heavy (non-hydrogen) atoms. The van der Waals surface area contributed by atoms with Gasteiger partial charge in [0.25, 0.3) is 0 Å². The van der Waals surface area contributed by atoms with Crippen molar-refractivity contribution >= 4 is 15.7 Å². The number of hydrogen-bond acceptors (Lipinski definition) is 4. The number of nitrogens with one attached hydrogen (secondary N) is 1. The molecule has 2 rings (SSSR count). The number of aryl methyl sites for hydroxylation is 1. The van der Waals surface area contributed by atoms with E-state index in [9.17, 15) is 8.42 Å². The summed E-state index contributed by atoms with van der Waals surface area (Å²) < 4.78 is 28.0. The smallest absolute Gasteiger partial charge is 0.238 e. The highest BCUT2D eigenvalue weighted by molar-refractivity contribution is 7.89.